The van der Waals surface area contributed by atoms with Crippen molar-refractivity contribution in [3.05, 3.63) is 34.9 Å². The van der Waals surface area contributed by atoms with E-state index in [1.165, 1.54) is 25.7 Å². The summed E-state index contributed by atoms with van der Waals surface area (Å²) >= 11 is 6.03. The summed E-state index contributed by atoms with van der Waals surface area (Å²) in [7, 11) is 0. The molecule has 102 valence electrons. The highest BCUT2D eigenvalue weighted by molar-refractivity contribution is 6.31. The molecular formula is C16H20ClNO. The quantitative estimate of drug-likeness (QED) is 0.780. The van der Waals surface area contributed by atoms with E-state index in [0.717, 1.165) is 31.5 Å². The third-order valence-corrected chi connectivity index (χ3v) is 4.89. The van der Waals surface area contributed by atoms with E-state index in [9.17, 15) is 4.79 Å². The summed E-state index contributed by atoms with van der Waals surface area (Å²) in [5.41, 5.74) is 0.544. The molecule has 1 aromatic rings. The number of carbonyl (C=O) groups excluding carboxylic acids is 1. The van der Waals surface area contributed by atoms with E-state index in [1.807, 2.05) is 24.3 Å². The number of benzene rings is 1. The number of ketones is 1. The van der Waals surface area contributed by atoms with Crippen LogP contribution in [-0.4, -0.2) is 29.3 Å². The Bertz CT molecular complexity index is 473. The Kier molecular flexibility index (Phi) is 3.64. The summed E-state index contributed by atoms with van der Waals surface area (Å²) in [6, 6.07) is 7.43. The van der Waals surface area contributed by atoms with Gasteiger partial charge in [-0.1, -0.05) is 36.6 Å². The van der Waals surface area contributed by atoms with E-state index in [-0.39, 0.29) is 11.3 Å². The van der Waals surface area contributed by atoms with Gasteiger partial charge in [0.2, 0.25) is 0 Å². The molecule has 0 unspecified atom stereocenters. The van der Waals surface area contributed by atoms with Crippen LogP contribution in [0.3, 0.4) is 0 Å². The van der Waals surface area contributed by atoms with Crippen molar-refractivity contribution in [1.29, 1.82) is 0 Å². The number of carbonyl (C=O) groups is 1. The predicted octanol–water partition coefficient (Wildman–Crippen LogP) is 3.93. The third kappa shape index (κ3) is 2.32. The first-order chi connectivity index (χ1) is 9.22. The van der Waals surface area contributed by atoms with E-state index >= 15 is 0 Å². The normalized spacial score (nSPS) is 22.8. The van der Waals surface area contributed by atoms with Crippen LogP contribution < -0.4 is 0 Å². The van der Waals surface area contributed by atoms with Crippen LogP contribution in [0, 0.1) is 0 Å². The summed E-state index contributed by atoms with van der Waals surface area (Å²) < 4.78 is 0. The first-order valence-corrected chi connectivity index (χ1v) is 7.66. The van der Waals surface area contributed by atoms with Crippen LogP contribution in [-0.2, 0) is 0 Å². The molecule has 2 aliphatic rings. The number of likely N-dealkylation sites (tertiary alicyclic amines) is 1. The SMILES string of the molecule is O=C(c1cccc(Cl)c1)C1(N2CCCC2)CCCC1. The first-order valence-electron chi connectivity index (χ1n) is 7.28. The van der Waals surface area contributed by atoms with Crippen LogP contribution >= 0.6 is 11.6 Å². The fourth-order valence-electron chi connectivity index (χ4n) is 3.69. The summed E-state index contributed by atoms with van der Waals surface area (Å²) in [5, 5.41) is 0.653. The lowest BCUT2D eigenvalue weighted by Gasteiger charge is -2.37. The molecule has 2 fully saturated rings. The summed E-state index contributed by atoms with van der Waals surface area (Å²) in [6.45, 7) is 2.15. The minimum absolute atomic E-state index is 0.235. The zero-order valence-electron chi connectivity index (χ0n) is 11.2. The van der Waals surface area contributed by atoms with Gasteiger partial charge in [-0.3, -0.25) is 9.69 Å². The molecule has 0 aromatic heterocycles. The maximum atomic E-state index is 13.0. The molecule has 2 nitrogen and oxygen atoms in total. The Balaban J connectivity index is 1.93. The molecule has 0 bridgehead atoms. The minimum atomic E-state index is -0.235. The number of nitrogens with zero attached hydrogens (tertiary/aromatic N) is 1. The van der Waals surface area contributed by atoms with Crippen LogP contribution in [0.15, 0.2) is 24.3 Å². The van der Waals surface area contributed by atoms with Gasteiger partial charge in [-0.15, -0.1) is 0 Å². The first kappa shape index (κ1) is 13.1. The highest BCUT2D eigenvalue weighted by Gasteiger charge is 2.46. The molecule has 3 rings (SSSR count). The van der Waals surface area contributed by atoms with Gasteiger partial charge in [0.25, 0.3) is 0 Å². The van der Waals surface area contributed by atoms with Crippen molar-refractivity contribution >= 4 is 17.4 Å². The smallest absolute Gasteiger partial charge is 0.183 e. The molecule has 0 spiro atoms. The average Bonchev–Trinajstić information content (AvgIpc) is 3.09. The average molecular weight is 278 g/mol. The Labute approximate surface area is 119 Å². The number of rotatable bonds is 3. The molecule has 0 atom stereocenters. The van der Waals surface area contributed by atoms with E-state index in [4.69, 9.17) is 11.6 Å². The van der Waals surface area contributed by atoms with Crippen molar-refractivity contribution in [2.45, 2.75) is 44.1 Å². The van der Waals surface area contributed by atoms with Crippen LogP contribution in [0.4, 0.5) is 0 Å². The van der Waals surface area contributed by atoms with E-state index in [0.29, 0.717) is 5.02 Å². The topological polar surface area (TPSA) is 20.3 Å². The van der Waals surface area contributed by atoms with Crippen LogP contribution in [0.2, 0.25) is 5.02 Å². The third-order valence-electron chi connectivity index (χ3n) is 4.65. The fraction of sp³-hybridized carbons (Fsp3) is 0.562. The van der Waals surface area contributed by atoms with Crippen LogP contribution in [0.1, 0.15) is 48.9 Å². The fourth-order valence-corrected chi connectivity index (χ4v) is 3.88. The second kappa shape index (κ2) is 5.26. The molecule has 0 radical (unpaired) electrons. The molecule has 3 heteroatoms. The zero-order chi connectivity index (χ0) is 13.3. The van der Waals surface area contributed by atoms with Crippen molar-refractivity contribution in [3.63, 3.8) is 0 Å². The van der Waals surface area contributed by atoms with Crippen LogP contribution in [0.5, 0.6) is 0 Å². The van der Waals surface area contributed by atoms with Gasteiger partial charge in [0.15, 0.2) is 5.78 Å². The Morgan fingerprint density at radius 2 is 1.79 bits per heavy atom. The maximum absolute atomic E-state index is 13.0. The van der Waals surface area contributed by atoms with Gasteiger partial charge in [0, 0.05) is 10.6 Å². The number of hydrogen-bond donors (Lipinski definition) is 0. The van der Waals surface area contributed by atoms with E-state index < -0.39 is 0 Å². The van der Waals surface area contributed by atoms with Crippen LogP contribution in [0.25, 0.3) is 0 Å². The van der Waals surface area contributed by atoms with E-state index in [1.54, 1.807) is 0 Å². The monoisotopic (exact) mass is 277 g/mol. The van der Waals surface area contributed by atoms with Crippen molar-refractivity contribution in [3.8, 4) is 0 Å². The van der Waals surface area contributed by atoms with E-state index in [2.05, 4.69) is 4.90 Å². The molecule has 0 amide bonds. The maximum Gasteiger partial charge on any atom is 0.183 e. The van der Waals surface area contributed by atoms with Crippen molar-refractivity contribution in [1.82, 2.24) is 4.90 Å². The minimum Gasteiger partial charge on any atom is -0.292 e. The lowest BCUT2D eigenvalue weighted by Crippen LogP contribution is -2.51. The molecule has 1 saturated heterocycles. The lowest BCUT2D eigenvalue weighted by atomic mass is 9.86. The largest absolute Gasteiger partial charge is 0.292 e. The van der Waals surface area contributed by atoms with Gasteiger partial charge in [0.1, 0.15) is 0 Å². The van der Waals surface area contributed by atoms with Crippen molar-refractivity contribution in [2.24, 2.45) is 0 Å². The second-order valence-corrected chi connectivity index (χ2v) is 6.21. The Hall–Kier alpha value is -0.860. The molecule has 1 aliphatic carbocycles. The highest BCUT2D eigenvalue weighted by atomic mass is 35.5. The molecule has 1 aliphatic heterocycles. The summed E-state index contributed by atoms with van der Waals surface area (Å²) in [6.07, 6.45) is 6.82. The standard InChI is InChI=1S/C16H20ClNO/c17-14-7-5-6-13(12-14)15(19)16(8-1-2-9-16)18-10-3-4-11-18/h5-7,12H,1-4,8-11H2. The molecule has 1 saturated carbocycles. The van der Waals surface area contributed by atoms with Gasteiger partial charge in [0.05, 0.1) is 5.54 Å². The summed E-state index contributed by atoms with van der Waals surface area (Å²) in [5.74, 6) is 0.286. The number of halogens is 1. The molecule has 0 N–H and O–H groups in total. The van der Waals surface area contributed by atoms with Gasteiger partial charge in [-0.25, -0.2) is 0 Å². The van der Waals surface area contributed by atoms with Gasteiger partial charge >= 0.3 is 0 Å². The lowest BCUT2D eigenvalue weighted by molar-refractivity contribution is 0.0626. The Morgan fingerprint density at radius 1 is 1.11 bits per heavy atom. The molecule has 1 heterocycles. The highest BCUT2D eigenvalue weighted by Crippen LogP contribution is 2.40. The number of hydrogen-bond acceptors (Lipinski definition) is 2. The molecular weight excluding hydrogens is 258 g/mol. The zero-order valence-corrected chi connectivity index (χ0v) is 12.0. The Morgan fingerprint density at radius 3 is 2.42 bits per heavy atom. The second-order valence-electron chi connectivity index (χ2n) is 5.77. The number of Topliss-reactive ketones (excluding diaryl/α,β-unsaturated/α-hetero) is 1. The predicted molar refractivity (Wildman–Crippen MR) is 77.8 cm³/mol. The molecule has 1 aromatic carbocycles. The summed E-state index contributed by atoms with van der Waals surface area (Å²) in [4.78, 5) is 15.4. The van der Waals surface area contributed by atoms with Crippen molar-refractivity contribution < 1.29 is 4.79 Å². The van der Waals surface area contributed by atoms with Gasteiger partial charge in [-0.2, -0.15) is 0 Å². The van der Waals surface area contributed by atoms with Crippen molar-refractivity contribution in [2.75, 3.05) is 13.1 Å². The van der Waals surface area contributed by atoms with Gasteiger partial charge < -0.3 is 0 Å². The van der Waals surface area contributed by atoms with Gasteiger partial charge in [-0.05, 0) is 50.9 Å². The molecule has 19 heavy (non-hydrogen) atoms.